The highest BCUT2D eigenvalue weighted by molar-refractivity contribution is 6.01. The first kappa shape index (κ1) is 18.8. The Bertz CT molecular complexity index is 596. The van der Waals surface area contributed by atoms with Crippen molar-refractivity contribution in [1.29, 1.82) is 0 Å². The molecule has 5 nitrogen and oxygen atoms in total. The van der Waals surface area contributed by atoms with E-state index < -0.39 is 34.7 Å². The lowest BCUT2D eigenvalue weighted by Gasteiger charge is -2.20. The van der Waals surface area contributed by atoms with Gasteiger partial charge in [0.1, 0.15) is 0 Å². The Labute approximate surface area is 132 Å². The molecule has 1 aromatic carbocycles. The number of methoxy groups -OCH3 is 1. The first-order valence-electron chi connectivity index (χ1n) is 7.05. The van der Waals surface area contributed by atoms with Crippen molar-refractivity contribution in [2.75, 3.05) is 12.4 Å². The number of halogens is 3. The number of carbonyl (C=O) groups excluding carboxylic acids is 2. The zero-order valence-corrected chi connectivity index (χ0v) is 13.1. The second-order valence-electron chi connectivity index (χ2n) is 4.96. The van der Waals surface area contributed by atoms with Gasteiger partial charge in [-0.25, -0.2) is 4.79 Å². The summed E-state index contributed by atoms with van der Waals surface area (Å²) in [7, 11) is 0.966. The van der Waals surface area contributed by atoms with Gasteiger partial charge in [-0.3, -0.25) is 4.79 Å². The highest BCUT2D eigenvalue weighted by Gasteiger charge is 2.40. The maximum atomic E-state index is 13.3. The summed E-state index contributed by atoms with van der Waals surface area (Å²) in [6, 6.07) is 2.02. The molecule has 0 bridgehead atoms. The quantitative estimate of drug-likeness (QED) is 0.784. The first-order valence-corrected chi connectivity index (χ1v) is 7.05. The molecule has 0 radical (unpaired) electrons. The molecule has 0 aliphatic carbocycles. The Kier molecular flexibility index (Phi) is 6.00. The number of alkyl halides is 3. The lowest BCUT2D eigenvalue weighted by atomic mass is 9.98. The largest absolute Gasteiger partial charge is 0.465 e. The molecular weight excluding hydrogens is 313 g/mol. The van der Waals surface area contributed by atoms with Crippen LogP contribution in [0, 0.1) is 0 Å². The molecule has 1 aromatic rings. The zero-order chi connectivity index (χ0) is 17.8. The number of hydrogen-bond donors (Lipinski definition) is 2. The van der Waals surface area contributed by atoms with Crippen molar-refractivity contribution in [3.05, 3.63) is 28.8 Å². The number of esters is 1. The van der Waals surface area contributed by atoms with Crippen molar-refractivity contribution in [3.63, 3.8) is 0 Å². The topological polar surface area (TPSA) is 81.4 Å². The molecule has 0 aliphatic rings. The van der Waals surface area contributed by atoms with Crippen LogP contribution in [0.4, 0.5) is 18.9 Å². The van der Waals surface area contributed by atoms with E-state index in [9.17, 15) is 22.8 Å². The summed E-state index contributed by atoms with van der Waals surface area (Å²) in [6.07, 6.45) is -3.48. The van der Waals surface area contributed by atoms with Crippen LogP contribution < -0.4 is 11.1 Å². The standard InChI is InChI=1S/C15H19F3N2O3/c1-4-8(5-2)20-9-6-10(13(19)21)12(15(16,17)18)11(7-9)14(22)23-3/h6-8,20H,4-5H2,1-3H3,(H2,19,21). The van der Waals surface area contributed by atoms with Crippen LogP contribution in [0.2, 0.25) is 0 Å². The van der Waals surface area contributed by atoms with Crippen LogP contribution >= 0.6 is 0 Å². The molecule has 3 N–H and O–H groups in total. The number of hydrogen-bond acceptors (Lipinski definition) is 4. The van der Waals surface area contributed by atoms with Crippen LogP contribution in [-0.2, 0) is 10.9 Å². The lowest BCUT2D eigenvalue weighted by molar-refractivity contribution is -0.138. The predicted molar refractivity (Wildman–Crippen MR) is 79.3 cm³/mol. The van der Waals surface area contributed by atoms with Gasteiger partial charge in [0.25, 0.3) is 0 Å². The molecule has 1 amide bonds. The highest BCUT2D eigenvalue weighted by Crippen LogP contribution is 2.37. The Morgan fingerprint density at radius 1 is 1.22 bits per heavy atom. The van der Waals surface area contributed by atoms with Gasteiger partial charge in [-0.15, -0.1) is 0 Å². The molecule has 1 rings (SSSR count). The summed E-state index contributed by atoms with van der Waals surface area (Å²) in [4.78, 5) is 23.2. The van der Waals surface area contributed by atoms with Crippen molar-refractivity contribution in [2.24, 2.45) is 5.73 Å². The molecule has 0 fully saturated rings. The van der Waals surface area contributed by atoms with Gasteiger partial charge < -0.3 is 15.8 Å². The van der Waals surface area contributed by atoms with E-state index in [0.29, 0.717) is 0 Å². The summed E-state index contributed by atoms with van der Waals surface area (Å²) in [5.74, 6) is -2.45. The number of benzene rings is 1. The van der Waals surface area contributed by atoms with Crippen molar-refractivity contribution < 1.29 is 27.5 Å². The minimum Gasteiger partial charge on any atom is -0.465 e. The molecule has 23 heavy (non-hydrogen) atoms. The average molecular weight is 332 g/mol. The smallest absolute Gasteiger partial charge is 0.418 e. The number of amides is 1. The normalized spacial score (nSPS) is 11.4. The number of nitrogens with one attached hydrogen (secondary N) is 1. The SMILES string of the molecule is CCC(CC)Nc1cc(C(N)=O)c(C(F)(F)F)c(C(=O)OC)c1. The van der Waals surface area contributed by atoms with Crippen LogP contribution in [-0.4, -0.2) is 25.0 Å². The molecule has 0 atom stereocenters. The molecule has 128 valence electrons. The third kappa shape index (κ3) is 4.37. The van der Waals surface area contributed by atoms with E-state index in [1.165, 1.54) is 0 Å². The summed E-state index contributed by atoms with van der Waals surface area (Å²) in [6.45, 7) is 3.81. The molecular formula is C15H19F3N2O3. The minimum absolute atomic E-state index is 0.0158. The second kappa shape index (κ2) is 7.34. The molecule has 0 saturated carbocycles. The van der Waals surface area contributed by atoms with Gasteiger partial charge in [0.05, 0.1) is 23.8 Å². The molecule has 0 heterocycles. The number of carbonyl (C=O) groups is 2. The van der Waals surface area contributed by atoms with E-state index in [1.54, 1.807) is 0 Å². The van der Waals surface area contributed by atoms with Gasteiger partial charge >= 0.3 is 12.1 Å². The van der Waals surface area contributed by atoms with Gasteiger partial charge in [0.2, 0.25) is 5.91 Å². The lowest BCUT2D eigenvalue weighted by Crippen LogP contribution is -2.24. The van der Waals surface area contributed by atoms with Crippen LogP contribution in [0.25, 0.3) is 0 Å². The Hall–Kier alpha value is -2.25. The van der Waals surface area contributed by atoms with E-state index in [2.05, 4.69) is 10.1 Å². The van der Waals surface area contributed by atoms with Crippen molar-refractivity contribution >= 4 is 17.6 Å². The molecule has 0 aromatic heterocycles. The van der Waals surface area contributed by atoms with Crippen LogP contribution in [0.5, 0.6) is 0 Å². The first-order chi connectivity index (χ1) is 10.6. The van der Waals surface area contributed by atoms with Crippen LogP contribution in [0.1, 0.15) is 53.0 Å². The zero-order valence-electron chi connectivity index (χ0n) is 13.1. The third-order valence-electron chi connectivity index (χ3n) is 3.45. The van der Waals surface area contributed by atoms with E-state index in [1.807, 2.05) is 13.8 Å². The molecule has 0 aliphatic heterocycles. The van der Waals surface area contributed by atoms with Gasteiger partial charge in [0, 0.05) is 11.7 Å². The number of rotatable bonds is 6. The van der Waals surface area contributed by atoms with Gasteiger partial charge in [-0.05, 0) is 25.0 Å². The minimum atomic E-state index is -4.92. The van der Waals surface area contributed by atoms with Crippen LogP contribution in [0.15, 0.2) is 12.1 Å². The maximum Gasteiger partial charge on any atom is 0.418 e. The highest BCUT2D eigenvalue weighted by atomic mass is 19.4. The number of primary amides is 1. The molecule has 0 spiro atoms. The number of nitrogens with two attached hydrogens (primary N) is 1. The fourth-order valence-corrected chi connectivity index (χ4v) is 2.22. The van der Waals surface area contributed by atoms with Gasteiger partial charge in [-0.2, -0.15) is 13.2 Å². The van der Waals surface area contributed by atoms with Crippen molar-refractivity contribution in [1.82, 2.24) is 0 Å². The Balaban J connectivity index is 3.58. The monoisotopic (exact) mass is 332 g/mol. The third-order valence-corrected chi connectivity index (χ3v) is 3.45. The van der Waals surface area contributed by atoms with Crippen molar-refractivity contribution in [2.45, 2.75) is 38.9 Å². The average Bonchev–Trinajstić information content (AvgIpc) is 2.49. The van der Waals surface area contributed by atoms with E-state index in [0.717, 1.165) is 32.1 Å². The van der Waals surface area contributed by atoms with Crippen LogP contribution in [0.3, 0.4) is 0 Å². The summed E-state index contributed by atoms with van der Waals surface area (Å²) >= 11 is 0. The Morgan fingerprint density at radius 3 is 2.13 bits per heavy atom. The molecule has 8 heteroatoms. The maximum absolute atomic E-state index is 13.3. The fraction of sp³-hybridized carbons (Fsp3) is 0.467. The fourth-order valence-electron chi connectivity index (χ4n) is 2.22. The number of ether oxygens (including phenoxy) is 1. The summed E-state index contributed by atoms with van der Waals surface area (Å²) in [5.41, 5.74) is 2.38. The van der Waals surface area contributed by atoms with E-state index in [4.69, 9.17) is 5.73 Å². The van der Waals surface area contributed by atoms with Gasteiger partial charge in [0.15, 0.2) is 0 Å². The van der Waals surface area contributed by atoms with Gasteiger partial charge in [-0.1, -0.05) is 13.8 Å². The summed E-state index contributed by atoms with van der Waals surface area (Å²) < 4.78 is 44.2. The molecule has 0 saturated heterocycles. The van der Waals surface area contributed by atoms with Crippen molar-refractivity contribution in [3.8, 4) is 0 Å². The Morgan fingerprint density at radius 2 is 1.74 bits per heavy atom. The second-order valence-corrected chi connectivity index (χ2v) is 4.96. The molecule has 0 unspecified atom stereocenters. The van der Waals surface area contributed by atoms with E-state index in [-0.39, 0.29) is 11.7 Å². The number of anilines is 1. The van der Waals surface area contributed by atoms with E-state index >= 15 is 0 Å². The summed E-state index contributed by atoms with van der Waals surface area (Å²) in [5, 5.41) is 2.99. The predicted octanol–water partition coefficient (Wildman–Crippen LogP) is 3.19.